The van der Waals surface area contributed by atoms with Crippen molar-refractivity contribution in [2.45, 2.75) is 45.6 Å². The topological polar surface area (TPSA) is 49.4 Å². The number of amides is 2. The van der Waals surface area contributed by atoms with E-state index in [4.69, 9.17) is 0 Å². The molecule has 1 aromatic rings. The Kier molecular flexibility index (Phi) is 6.44. The highest BCUT2D eigenvalue weighted by Gasteiger charge is 2.20. The smallest absolute Gasteiger partial charge is 0.223 e. The van der Waals surface area contributed by atoms with E-state index in [0.29, 0.717) is 19.6 Å². The summed E-state index contributed by atoms with van der Waals surface area (Å²) in [6.07, 6.45) is 5.58. The predicted octanol–water partition coefficient (Wildman–Crippen LogP) is 2.73. The van der Waals surface area contributed by atoms with E-state index in [-0.39, 0.29) is 17.7 Å². The maximum atomic E-state index is 12.1. The zero-order valence-electron chi connectivity index (χ0n) is 13.4. The maximum Gasteiger partial charge on any atom is 0.223 e. The first kappa shape index (κ1) is 16.5. The number of nitrogens with one attached hydrogen (secondary N) is 1. The zero-order valence-corrected chi connectivity index (χ0v) is 13.4. The Morgan fingerprint density at radius 1 is 1.14 bits per heavy atom. The average molecular weight is 302 g/mol. The van der Waals surface area contributed by atoms with Gasteiger partial charge in [-0.15, -0.1) is 0 Å². The molecule has 2 rings (SSSR count). The summed E-state index contributed by atoms with van der Waals surface area (Å²) in [4.78, 5) is 25.6. The van der Waals surface area contributed by atoms with Gasteiger partial charge in [-0.3, -0.25) is 9.59 Å². The molecule has 1 saturated carbocycles. The standard InChI is InChI=1S/C18H26N2O2/c1-15(21)20(14-16-8-4-2-5-9-16)13-12-19-18(22)17-10-6-3-7-11-17/h2,4-5,8-9,17H,3,6-7,10-14H2,1H3,(H,19,22). The molecule has 2 amide bonds. The summed E-state index contributed by atoms with van der Waals surface area (Å²) >= 11 is 0. The number of carbonyl (C=O) groups excluding carboxylic acids is 2. The van der Waals surface area contributed by atoms with Crippen LogP contribution in [0.2, 0.25) is 0 Å². The van der Waals surface area contributed by atoms with Gasteiger partial charge in [0.15, 0.2) is 0 Å². The number of carbonyl (C=O) groups is 2. The minimum absolute atomic E-state index is 0.0377. The van der Waals surface area contributed by atoms with Gasteiger partial charge in [-0.2, -0.15) is 0 Å². The second-order valence-corrected chi connectivity index (χ2v) is 6.05. The van der Waals surface area contributed by atoms with E-state index in [1.807, 2.05) is 30.3 Å². The molecule has 1 aliphatic rings. The Balaban J connectivity index is 1.77. The lowest BCUT2D eigenvalue weighted by Gasteiger charge is -2.24. The Labute approximate surface area is 132 Å². The molecule has 0 spiro atoms. The molecule has 1 aliphatic carbocycles. The minimum atomic E-state index is 0.0377. The molecule has 0 radical (unpaired) electrons. The molecule has 0 heterocycles. The van der Waals surface area contributed by atoms with Gasteiger partial charge in [0, 0.05) is 32.5 Å². The van der Waals surface area contributed by atoms with Crippen molar-refractivity contribution in [3.8, 4) is 0 Å². The molecule has 0 saturated heterocycles. The second-order valence-electron chi connectivity index (χ2n) is 6.05. The predicted molar refractivity (Wildman–Crippen MR) is 87.1 cm³/mol. The third-order valence-electron chi connectivity index (χ3n) is 4.32. The van der Waals surface area contributed by atoms with Crippen LogP contribution in [-0.2, 0) is 16.1 Å². The highest BCUT2D eigenvalue weighted by molar-refractivity contribution is 5.78. The molecule has 120 valence electrons. The van der Waals surface area contributed by atoms with Crippen molar-refractivity contribution in [3.05, 3.63) is 35.9 Å². The van der Waals surface area contributed by atoms with Crippen LogP contribution < -0.4 is 5.32 Å². The van der Waals surface area contributed by atoms with Crippen molar-refractivity contribution >= 4 is 11.8 Å². The van der Waals surface area contributed by atoms with Gasteiger partial charge in [-0.25, -0.2) is 0 Å². The van der Waals surface area contributed by atoms with Gasteiger partial charge in [-0.05, 0) is 18.4 Å². The average Bonchev–Trinajstić information content (AvgIpc) is 2.55. The monoisotopic (exact) mass is 302 g/mol. The van der Waals surface area contributed by atoms with Crippen molar-refractivity contribution in [1.82, 2.24) is 10.2 Å². The Hall–Kier alpha value is -1.84. The summed E-state index contributed by atoms with van der Waals surface area (Å²) in [5.41, 5.74) is 1.11. The van der Waals surface area contributed by atoms with Crippen LogP contribution in [0.25, 0.3) is 0 Å². The van der Waals surface area contributed by atoms with Crippen LogP contribution in [0, 0.1) is 5.92 Å². The molecule has 22 heavy (non-hydrogen) atoms. The Bertz CT molecular complexity index is 481. The second kappa shape index (κ2) is 8.57. The van der Waals surface area contributed by atoms with Crippen molar-refractivity contribution in [2.24, 2.45) is 5.92 Å². The molecule has 1 aromatic carbocycles. The molecule has 0 bridgehead atoms. The van der Waals surface area contributed by atoms with E-state index in [1.165, 1.54) is 6.42 Å². The third-order valence-corrected chi connectivity index (χ3v) is 4.32. The van der Waals surface area contributed by atoms with Crippen LogP contribution in [0.5, 0.6) is 0 Å². The molecular formula is C18H26N2O2. The quantitative estimate of drug-likeness (QED) is 0.878. The molecule has 4 heteroatoms. The van der Waals surface area contributed by atoms with Crippen molar-refractivity contribution < 1.29 is 9.59 Å². The molecule has 0 unspecified atom stereocenters. The molecule has 1 fully saturated rings. The Morgan fingerprint density at radius 3 is 2.45 bits per heavy atom. The molecular weight excluding hydrogens is 276 g/mol. The minimum Gasteiger partial charge on any atom is -0.354 e. The van der Waals surface area contributed by atoms with Gasteiger partial charge >= 0.3 is 0 Å². The summed E-state index contributed by atoms with van der Waals surface area (Å²) in [7, 11) is 0. The van der Waals surface area contributed by atoms with E-state index in [9.17, 15) is 9.59 Å². The molecule has 0 aromatic heterocycles. The highest BCUT2D eigenvalue weighted by Crippen LogP contribution is 2.23. The summed E-state index contributed by atoms with van der Waals surface area (Å²) < 4.78 is 0. The third kappa shape index (κ3) is 5.17. The largest absolute Gasteiger partial charge is 0.354 e. The van der Waals surface area contributed by atoms with Gasteiger partial charge in [-0.1, -0.05) is 49.6 Å². The van der Waals surface area contributed by atoms with Crippen LogP contribution in [0.4, 0.5) is 0 Å². The van der Waals surface area contributed by atoms with Gasteiger partial charge in [0.05, 0.1) is 0 Å². The molecule has 0 aliphatic heterocycles. The van der Waals surface area contributed by atoms with E-state index >= 15 is 0 Å². The summed E-state index contributed by atoms with van der Waals surface area (Å²) in [6.45, 7) is 3.26. The van der Waals surface area contributed by atoms with Gasteiger partial charge in [0.25, 0.3) is 0 Å². The number of hydrogen-bond acceptors (Lipinski definition) is 2. The number of benzene rings is 1. The van der Waals surface area contributed by atoms with Crippen molar-refractivity contribution in [1.29, 1.82) is 0 Å². The maximum absolute atomic E-state index is 12.1. The van der Waals surface area contributed by atoms with E-state index in [2.05, 4.69) is 5.32 Å². The van der Waals surface area contributed by atoms with E-state index < -0.39 is 0 Å². The Morgan fingerprint density at radius 2 is 1.82 bits per heavy atom. The van der Waals surface area contributed by atoms with Gasteiger partial charge in [0.2, 0.25) is 11.8 Å². The fraction of sp³-hybridized carbons (Fsp3) is 0.556. The fourth-order valence-electron chi connectivity index (χ4n) is 2.97. The first-order valence-electron chi connectivity index (χ1n) is 8.24. The normalized spacial score (nSPS) is 15.3. The first-order chi connectivity index (χ1) is 10.7. The molecule has 1 N–H and O–H groups in total. The number of hydrogen-bond donors (Lipinski definition) is 1. The van der Waals surface area contributed by atoms with Crippen molar-refractivity contribution in [3.63, 3.8) is 0 Å². The number of rotatable bonds is 6. The highest BCUT2D eigenvalue weighted by atomic mass is 16.2. The fourth-order valence-corrected chi connectivity index (χ4v) is 2.97. The summed E-state index contributed by atoms with van der Waals surface area (Å²) in [5, 5.41) is 2.99. The van der Waals surface area contributed by atoms with Crippen LogP contribution in [0.15, 0.2) is 30.3 Å². The van der Waals surface area contributed by atoms with E-state index in [0.717, 1.165) is 31.2 Å². The molecule has 0 atom stereocenters. The first-order valence-corrected chi connectivity index (χ1v) is 8.24. The zero-order chi connectivity index (χ0) is 15.8. The summed E-state index contributed by atoms with van der Waals surface area (Å²) in [5.74, 6) is 0.368. The van der Waals surface area contributed by atoms with Crippen LogP contribution in [0.3, 0.4) is 0 Å². The van der Waals surface area contributed by atoms with E-state index in [1.54, 1.807) is 11.8 Å². The lowest BCUT2D eigenvalue weighted by molar-refractivity contribution is -0.130. The number of nitrogens with zero attached hydrogens (tertiary/aromatic N) is 1. The van der Waals surface area contributed by atoms with Crippen LogP contribution >= 0.6 is 0 Å². The van der Waals surface area contributed by atoms with Crippen molar-refractivity contribution in [2.75, 3.05) is 13.1 Å². The van der Waals surface area contributed by atoms with Gasteiger partial charge in [0.1, 0.15) is 0 Å². The van der Waals surface area contributed by atoms with Crippen LogP contribution in [-0.4, -0.2) is 29.8 Å². The summed E-state index contributed by atoms with van der Waals surface area (Å²) in [6, 6.07) is 9.93. The lowest BCUT2D eigenvalue weighted by Crippen LogP contribution is -2.39. The van der Waals surface area contributed by atoms with Gasteiger partial charge < -0.3 is 10.2 Å². The lowest BCUT2D eigenvalue weighted by atomic mass is 9.89. The molecule has 4 nitrogen and oxygen atoms in total. The SMILES string of the molecule is CC(=O)N(CCNC(=O)C1CCCCC1)Cc1ccccc1. The van der Waals surface area contributed by atoms with Crippen LogP contribution in [0.1, 0.15) is 44.6 Å².